The molecule has 0 unspecified atom stereocenters. The van der Waals surface area contributed by atoms with Gasteiger partial charge in [-0.2, -0.15) is 8.42 Å². The van der Waals surface area contributed by atoms with E-state index in [-0.39, 0.29) is 5.56 Å². The van der Waals surface area contributed by atoms with E-state index in [4.69, 9.17) is 0 Å². The van der Waals surface area contributed by atoms with Gasteiger partial charge in [0.2, 0.25) is 5.71 Å². The number of nitrogens with zero attached hydrogens (tertiary/aromatic N) is 2. The smallest absolute Gasteiger partial charge is 0.268 e. The normalized spacial score (nSPS) is 13.1. The quantitative estimate of drug-likeness (QED) is 0.352. The van der Waals surface area contributed by atoms with E-state index in [1.165, 1.54) is 18.2 Å². The van der Waals surface area contributed by atoms with Gasteiger partial charge in [-0.25, -0.2) is 0 Å². The number of oxime groups is 1. The van der Waals surface area contributed by atoms with Crippen molar-refractivity contribution in [3.63, 3.8) is 0 Å². The number of halogens is 2. The molecular formula is C9H8F2N2O5S. The molecule has 1 rings (SSSR count). The summed E-state index contributed by atoms with van der Waals surface area (Å²) in [6, 6.07) is 1.81. The molecule has 104 valence electrons. The highest BCUT2D eigenvalue weighted by molar-refractivity contribution is 7.85. The Morgan fingerprint density at radius 3 is 2.32 bits per heavy atom. The van der Waals surface area contributed by atoms with Crippen LogP contribution in [-0.2, 0) is 14.4 Å². The van der Waals surface area contributed by atoms with Crippen molar-refractivity contribution in [1.82, 2.24) is 0 Å². The first kappa shape index (κ1) is 15.0. The summed E-state index contributed by atoms with van der Waals surface area (Å²) in [5, 5.41) is 13.0. The third-order valence-electron chi connectivity index (χ3n) is 1.83. The van der Waals surface area contributed by atoms with E-state index in [0.29, 0.717) is 6.26 Å². The van der Waals surface area contributed by atoms with Gasteiger partial charge in [0.15, 0.2) is 0 Å². The summed E-state index contributed by atoms with van der Waals surface area (Å²) in [5.41, 5.74) is -1.73. The van der Waals surface area contributed by atoms with E-state index in [1.807, 2.05) is 0 Å². The molecule has 0 fully saturated rings. The lowest BCUT2D eigenvalue weighted by Gasteiger charge is -2.09. The second-order valence-corrected chi connectivity index (χ2v) is 4.94. The second kappa shape index (κ2) is 5.26. The third-order valence-corrected chi connectivity index (χ3v) is 2.17. The molecular weight excluding hydrogens is 286 g/mol. The monoisotopic (exact) mass is 294 g/mol. The van der Waals surface area contributed by atoms with Crippen molar-refractivity contribution in [3.05, 3.63) is 46.0 Å². The Kier molecular flexibility index (Phi) is 4.14. The van der Waals surface area contributed by atoms with Crippen molar-refractivity contribution >= 4 is 15.8 Å². The molecule has 10 heteroatoms. The standard InChI is InChI=1S/C9H8F2N2O5S/c1-19(16,17)18-12-8(9(10,11)13(14)15)7-5-3-2-4-6-7/h2-6H,1H3. The lowest BCUT2D eigenvalue weighted by Crippen LogP contribution is -2.38. The first-order chi connectivity index (χ1) is 8.64. The number of nitro groups is 1. The van der Waals surface area contributed by atoms with Crippen LogP contribution in [0.15, 0.2) is 35.5 Å². The van der Waals surface area contributed by atoms with Gasteiger partial charge in [0.25, 0.3) is 0 Å². The molecule has 0 saturated carbocycles. The van der Waals surface area contributed by atoms with Crippen molar-refractivity contribution in [2.24, 2.45) is 5.16 Å². The Labute approximate surface area is 106 Å². The highest BCUT2D eigenvalue weighted by Gasteiger charge is 2.52. The fourth-order valence-corrected chi connectivity index (χ4v) is 1.28. The zero-order valence-corrected chi connectivity index (χ0v) is 10.3. The summed E-state index contributed by atoms with van der Waals surface area (Å²) in [6.07, 6.45) is 0.573. The van der Waals surface area contributed by atoms with Crippen molar-refractivity contribution in [2.45, 2.75) is 6.05 Å². The number of rotatable bonds is 5. The molecule has 0 atom stereocenters. The molecule has 19 heavy (non-hydrogen) atoms. The van der Waals surface area contributed by atoms with E-state index in [1.54, 1.807) is 0 Å². The highest BCUT2D eigenvalue weighted by atomic mass is 32.2. The zero-order valence-electron chi connectivity index (χ0n) is 9.49. The van der Waals surface area contributed by atoms with Crippen molar-refractivity contribution in [2.75, 3.05) is 6.26 Å². The molecule has 0 aliphatic rings. The molecule has 0 N–H and O–H groups in total. The number of hydrogen-bond donors (Lipinski definition) is 0. The Hall–Kier alpha value is -2.10. The molecule has 0 amide bonds. The number of hydrogen-bond acceptors (Lipinski definition) is 6. The van der Waals surface area contributed by atoms with Crippen LogP contribution in [0.4, 0.5) is 8.78 Å². The maximum absolute atomic E-state index is 13.4. The molecule has 7 nitrogen and oxygen atoms in total. The van der Waals surface area contributed by atoms with Gasteiger partial charge in [0.1, 0.15) is 4.92 Å². The minimum Gasteiger partial charge on any atom is -0.268 e. The van der Waals surface area contributed by atoms with Crippen LogP contribution < -0.4 is 0 Å². The summed E-state index contributed by atoms with van der Waals surface area (Å²) in [7, 11) is -4.16. The van der Waals surface area contributed by atoms with Gasteiger partial charge in [0, 0.05) is 5.56 Å². The topological polar surface area (TPSA) is 98.9 Å². The Bertz CT molecular complexity index is 600. The van der Waals surface area contributed by atoms with Gasteiger partial charge in [-0.15, -0.1) is 8.78 Å². The van der Waals surface area contributed by atoms with Crippen LogP contribution in [0.5, 0.6) is 0 Å². The van der Waals surface area contributed by atoms with E-state index in [9.17, 15) is 27.3 Å². The van der Waals surface area contributed by atoms with Crippen LogP contribution >= 0.6 is 0 Å². The largest absolute Gasteiger partial charge is 0.560 e. The summed E-state index contributed by atoms with van der Waals surface area (Å²) in [4.78, 5) is 8.45. The van der Waals surface area contributed by atoms with Gasteiger partial charge in [0.05, 0.1) is 6.26 Å². The SMILES string of the molecule is CS(=O)(=O)ON=C(c1ccccc1)C(F)(F)[N+](=O)[O-]. The molecule has 0 saturated heterocycles. The van der Waals surface area contributed by atoms with Crippen molar-refractivity contribution < 1.29 is 26.4 Å². The maximum Gasteiger partial charge on any atom is 0.560 e. The predicted molar refractivity (Wildman–Crippen MR) is 60.8 cm³/mol. The second-order valence-electron chi connectivity index (χ2n) is 3.38. The maximum atomic E-state index is 13.4. The summed E-state index contributed by atoms with van der Waals surface area (Å²) in [6.45, 7) is 0. The first-order valence-electron chi connectivity index (χ1n) is 4.69. The molecule has 1 aromatic rings. The molecule has 0 radical (unpaired) electrons. The molecule has 0 aromatic heterocycles. The van der Waals surface area contributed by atoms with E-state index < -0.39 is 26.8 Å². The Morgan fingerprint density at radius 1 is 1.37 bits per heavy atom. The summed E-state index contributed by atoms with van der Waals surface area (Å²) < 4.78 is 52.0. The van der Waals surface area contributed by atoms with Gasteiger partial charge in [-0.05, 0) is 0 Å². The van der Waals surface area contributed by atoms with Gasteiger partial charge in [-0.1, -0.05) is 35.5 Å². The molecule has 0 aliphatic carbocycles. The van der Waals surface area contributed by atoms with Crippen LogP contribution in [0.25, 0.3) is 0 Å². The van der Waals surface area contributed by atoms with Crippen molar-refractivity contribution in [1.29, 1.82) is 0 Å². The summed E-state index contributed by atoms with van der Waals surface area (Å²) >= 11 is 0. The van der Waals surface area contributed by atoms with Crippen LogP contribution in [0.1, 0.15) is 5.56 Å². The van der Waals surface area contributed by atoms with Crippen LogP contribution in [-0.4, -0.2) is 31.4 Å². The van der Waals surface area contributed by atoms with Crippen LogP contribution in [0.2, 0.25) is 0 Å². The van der Waals surface area contributed by atoms with Gasteiger partial charge >= 0.3 is 16.2 Å². The first-order valence-corrected chi connectivity index (χ1v) is 6.51. The zero-order chi connectivity index (χ0) is 14.7. The van der Waals surface area contributed by atoms with Gasteiger partial charge < -0.3 is 0 Å². The fourth-order valence-electron chi connectivity index (χ4n) is 1.07. The van der Waals surface area contributed by atoms with Crippen molar-refractivity contribution in [3.8, 4) is 0 Å². The lowest BCUT2D eigenvalue weighted by molar-refractivity contribution is -0.616. The minimum atomic E-state index is -4.58. The van der Waals surface area contributed by atoms with Crippen LogP contribution in [0, 0.1) is 10.1 Å². The van der Waals surface area contributed by atoms with Gasteiger partial charge in [-0.3, -0.25) is 14.4 Å². The molecule has 0 bridgehead atoms. The minimum absolute atomic E-state index is 0.326. The fraction of sp³-hybridized carbons (Fsp3) is 0.222. The average Bonchev–Trinajstić information content (AvgIpc) is 2.28. The van der Waals surface area contributed by atoms with E-state index in [2.05, 4.69) is 9.44 Å². The number of benzene rings is 1. The third kappa shape index (κ3) is 3.95. The molecule has 0 spiro atoms. The summed E-state index contributed by atoms with van der Waals surface area (Å²) in [5.74, 6) is 0. The van der Waals surface area contributed by atoms with E-state index in [0.717, 1.165) is 12.1 Å². The lowest BCUT2D eigenvalue weighted by atomic mass is 10.1. The predicted octanol–water partition coefficient (Wildman–Crippen LogP) is 1.24. The highest BCUT2D eigenvalue weighted by Crippen LogP contribution is 2.22. The molecule has 0 aliphatic heterocycles. The Morgan fingerprint density at radius 2 is 1.89 bits per heavy atom. The molecule has 1 aromatic carbocycles. The average molecular weight is 294 g/mol. The van der Waals surface area contributed by atoms with E-state index >= 15 is 0 Å². The number of alkyl halides is 2. The Balaban J connectivity index is 3.31. The molecule has 0 heterocycles. The van der Waals surface area contributed by atoms with Crippen LogP contribution in [0.3, 0.4) is 0 Å².